The van der Waals surface area contributed by atoms with Crippen LogP contribution in [0.2, 0.25) is 0 Å². The normalized spacial score (nSPS) is 10.9. The number of hydrogen-bond donors (Lipinski definition) is 1. The van der Waals surface area contributed by atoms with E-state index in [9.17, 15) is 0 Å². The molecule has 0 fully saturated rings. The van der Waals surface area contributed by atoms with Gasteiger partial charge in [0, 0.05) is 38.3 Å². The lowest BCUT2D eigenvalue weighted by Gasteiger charge is -2.19. The van der Waals surface area contributed by atoms with Gasteiger partial charge >= 0.3 is 0 Å². The van der Waals surface area contributed by atoms with Gasteiger partial charge in [0.1, 0.15) is 5.82 Å². The van der Waals surface area contributed by atoms with E-state index in [4.69, 9.17) is 0 Å². The summed E-state index contributed by atoms with van der Waals surface area (Å²) in [7, 11) is 2.07. The van der Waals surface area contributed by atoms with E-state index in [1.54, 1.807) is 0 Å². The summed E-state index contributed by atoms with van der Waals surface area (Å²) in [5.74, 6) is 2.91. The van der Waals surface area contributed by atoms with Crippen LogP contribution in [0.15, 0.2) is 18.6 Å². The van der Waals surface area contributed by atoms with E-state index >= 15 is 0 Å². The molecule has 104 valence electrons. The first kappa shape index (κ1) is 14.0. The molecule has 5 nitrogen and oxygen atoms in total. The summed E-state index contributed by atoms with van der Waals surface area (Å²) >= 11 is 1.84. The highest BCUT2D eigenvalue weighted by molar-refractivity contribution is 7.98. The molecular formula is C13H21N5S. The maximum atomic E-state index is 4.69. The minimum absolute atomic E-state index is 0.901. The van der Waals surface area contributed by atoms with Gasteiger partial charge in [-0.25, -0.2) is 9.97 Å². The van der Waals surface area contributed by atoms with Gasteiger partial charge in [-0.05, 0) is 12.7 Å². The van der Waals surface area contributed by atoms with Crippen molar-refractivity contribution in [1.82, 2.24) is 14.4 Å². The van der Waals surface area contributed by atoms with Crippen LogP contribution in [-0.2, 0) is 0 Å². The molecule has 0 radical (unpaired) electrons. The number of anilines is 2. The van der Waals surface area contributed by atoms with E-state index in [0.717, 1.165) is 42.5 Å². The highest BCUT2D eigenvalue weighted by Gasteiger charge is 2.11. The quantitative estimate of drug-likeness (QED) is 0.843. The summed E-state index contributed by atoms with van der Waals surface area (Å²) in [6.07, 6.45) is 8.96. The molecule has 0 amide bonds. The first-order chi connectivity index (χ1) is 9.26. The maximum Gasteiger partial charge on any atom is 0.180 e. The molecule has 6 heteroatoms. The van der Waals surface area contributed by atoms with Crippen LogP contribution in [0.3, 0.4) is 0 Å². The second kappa shape index (κ2) is 6.65. The van der Waals surface area contributed by atoms with Crippen molar-refractivity contribution in [3.05, 3.63) is 18.6 Å². The number of nitrogens with zero attached hydrogens (tertiary/aromatic N) is 4. The van der Waals surface area contributed by atoms with Crippen molar-refractivity contribution < 1.29 is 0 Å². The molecule has 0 unspecified atom stereocenters. The number of rotatable bonds is 7. The van der Waals surface area contributed by atoms with E-state index < -0.39 is 0 Å². The third-order valence-corrected chi connectivity index (χ3v) is 3.50. The molecule has 2 heterocycles. The molecule has 1 N–H and O–H groups in total. The average Bonchev–Trinajstić information content (AvgIpc) is 2.89. The topological polar surface area (TPSA) is 45.5 Å². The molecule has 19 heavy (non-hydrogen) atoms. The largest absolute Gasteiger partial charge is 0.369 e. The summed E-state index contributed by atoms with van der Waals surface area (Å²) in [6, 6.07) is 0. The van der Waals surface area contributed by atoms with E-state index in [0.29, 0.717) is 0 Å². The van der Waals surface area contributed by atoms with Crippen LogP contribution in [0.4, 0.5) is 11.6 Å². The zero-order valence-corrected chi connectivity index (χ0v) is 12.6. The fraction of sp³-hybridized carbons (Fsp3) is 0.538. The Labute approximate surface area is 118 Å². The summed E-state index contributed by atoms with van der Waals surface area (Å²) in [6.45, 7) is 4.04. The fourth-order valence-electron chi connectivity index (χ4n) is 1.84. The van der Waals surface area contributed by atoms with Crippen LogP contribution in [0, 0.1) is 0 Å². The Kier molecular flexibility index (Phi) is 4.90. The van der Waals surface area contributed by atoms with Gasteiger partial charge in [0.15, 0.2) is 11.5 Å². The standard InChI is InChI=1S/C13H21N5S/c1-4-5-14-11-10-18-7-6-15-12(18)13(16-11)17(2)8-9-19-3/h6-7,10,14H,4-5,8-9H2,1-3H3. The predicted molar refractivity (Wildman–Crippen MR) is 83.4 cm³/mol. The summed E-state index contributed by atoms with van der Waals surface area (Å²) in [5.41, 5.74) is 0.908. The van der Waals surface area contributed by atoms with Gasteiger partial charge < -0.3 is 14.6 Å². The Hall–Kier alpha value is -1.43. The minimum atomic E-state index is 0.901. The summed E-state index contributed by atoms with van der Waals surface area (Å²) in [5, 5.41) is 3.34. The number of thioether (sulfide) groups is 1. The Morgan fingerprint density at radius 1 is 1.47 bits per heavy atom. The first-order valence-corrected chi connectivity index (χ1v) is 7.93. The van der Waals surface area contributed by atoms with Gasteiger partial charge in [-0.15, -0.1) is 0 Å². The molecule has 0 aromatic carbocycles. The van der Waals surface area contributed by atoms with E-state index in [2.05, 4.69) is 40.4 Å². The molecule has 0 saturated heterocycles. The van der Waals surface area contributed by atoms with Crippen LogP contribution < -0.4 is 10.2 Å². The molecule has 2 rings (SSSR count). The van der Waals surface area contributed by atoms with Gasteiger partial charge in [0.05, 0.1) is 6.20 Å². The van der Waals surface area contributed by atoms with Gasteiger partial charge in [0.2, 0.25) is 0 Å². The highest BCUT2D eigenvalue weighted by atomic mass is 32.2. The summed E-state index contributed by atoms with van der Waals surface area (Å²) < 4.78 is 2.02. The first-order valence-electron chi connectivity index (χ1n) is 6.54. The summed E-state index contributed by atoms with van der Waals surface area (Å²) in [4.78, 5) is 11.2. The fourth-order valence-corrected chi connectivity index (χ4v) is 2.30. The van der Waals surface area contributed by atoms with Gasteiger partial charge in [-0.3, -0.25) is 0 Å². The molecule has 0 saturated carbocycles. The number of imidazole rings is 1. The van der Waals surface area contributed by atoms with E-state index in [1.165, 1.54) is 0 Å². The highest BCUT2D eigenvalue weighted by Crippen LogP contribution is 2.19. The van der Waals surface area contributed by atoms with Crippen molar-refractivity contribution in [3.63, 3.8) is 0 Å². The van der Waals surface area contributed by atoms with Gasteiger partial charge in [-0.2, -0.15) is 11.8 Å². The zero-order chi connectivity index (χ0) is 13.7. The molecule has 0 aliphatic rings. The average molecular weight is 279 g/mol. The molecular weight excluding hydrogens is 258 g/mol. The Morgan fingerprint density at radius 2 is 2.32 bits per heavy atom. The second-order valence-corrected chi connectivity index (χ2v) is 5.43. The van der Waals surface area contributed by atoms with Crippen molar-refractivity contribution in [1.29, 1.82) is 0 Å². The molecule has 2 aromatic heterocycles. The Morgan fingerprint density at radius 3 is 3.05 bits per heavy atom. The number of nitrogens with one attached hydrogen (secondary N) is 1. The molecule has 0 bridgehead atoms. The monoisotopic (exact) mass is 279 g/mol. The minimum Gasteiger partial charge on any atom is -0.369 e. The van der Waals surface area contributed by atoms with E-state index in [1.807, 2.05) is 34.8 Å². The van der Waals surface area contributed by atoms with Crippen LogP contribution in [-0.4, -0.2) is 46.5 Å². The molecule has 2 aromatic rings. The Bertz CT molecular complexity index is 525. The molecule has 0 aliphatic carbocycles. The molecule has 0 atom stereocenters. The van der Waals surface area contributed by atoms with Gasteiger partial charge in [0.25, 0.3) is 0 Å². The predicted octanol–water partition coefficient (Wildman–Crippen LogP) is 2.35. The van der Waals surface area contributed by atoms with Gasteiger partial charge in [-0.1, -0.05) is 6.92 Å². The van der Waals surface area contributed by atoms with Crippen molar-refractivity contribution in [2.75, 3.05) is 42.4 Å². The maximum absolute atomic E-state index is 4.69. The van der Waals surface area contributed by atoms with E-state index in [-0.39, 0.29) is 0 Å². The Balaban J connectivity index is 2.30. The lowest BCUT2D eigenvalue weighted by Crippen LogP contribution is -2.22. The SMILES string of the molecule is CCCNc1cn2ccnc2c(N(C)CCSC)n1. The van der Waals surface area contributed by atoms with Crippen LogP contribution >= 0.6 is 11.8 Å². The molecule has 0 aliphatic heterocycles. The van der Waals surface area contributed by atoms with Crippen molar-refractivity contribution >= 4 is 29.0 Å². The second-order valence-electron chi connectivity index (χ2n) is 4.45. The van der Waals surface area contributed by atoms with Crippen molar-refractivity contribution in [3.8, 4) is 0 Å². The van der Waals surface area contributed by atoms with Crippen molar-refractivity contribution in [2.24, 2.45) is 0 Å². The number of hydrogen-bond acceptors (Lipinski definition) is 5. The third-order valence-electron chi connectivity index (χ3n) is 2.90. The molecule has 0 spiro atoms. The lowest BCUT2D eigenvalue weighted by molar-refractivity contribution is 0.922. The van der Waals surface area contributed by atoms with Crippen molar-refractivity contribution in [2.45, 2.75) is 13.3 Å². The van der Waals surface area contributed by atoms with Crippen LogP contribution in [0.25, 0.3) is 5.65 Å². The smallest absolute Gasteiger partial charge is 0.180 e. The number of fused-ring (bicyclic) bond motifs is 1. The zero-order valence-electron chi connectivity index (χ0n) is 11.8. The van der Waals surface area contributed by atoms with Crippen LogP contribution in [0.1, 0.15) is 13.3 Å². The lowest BCUT2D eigenvalue weighted by atomic mass is 10.4. The van der Waals surface area contributed by atoms with Crippen LogP contribution in [0.5, 0.6) is 0 Å². The third kappa shape index (κ3) is 3.32. The number of aromatic nitrogens is 3.